The van der Waals surface area contributed by atoms with Gasteiger partial charge < -0.3 is 4.74 Å². The van der Waals surface area contributed by atoms with Crippen molar-refractivity contribution in [3.05, 3.63) is 96.9 Å². The van der Waals surface area contributed by atoms with Crippen molar-refractivity contribution in [2.24, 2.45) is 15.1 Å². The van der Waals surface area contributed by atoms with E-state index in [0.29, 0.717) is 17.1 Å². The molecular formula is C28H30F2N4OS. The largest absolute Gasteiger partial charge is 0.497 e. The zero-order chi connectivity index (χ0) is 25.9. The van der Waals surface area contributed by atoms with E-state index in [-0.39, 0.29) is 12.8 Å². The Morgan fingerprint density at radius 3 is 2.72 bits per heavy atom. The standard InChI is InChI=1S/C28H30F2N4OS/c1-5-21(22-7-12-25(35-4)13-8-22)18-27-26(14-9-23(32-27)10-15-28(29)30)33-34(3)24-11-6-20(2)31-19-36-17-16-24/h5-9,11-14,16,18-19,27-28H,1-2,10,15,17H2,3-4H3/b11-6?,21-18+,24-16?,31-19?,33-26-. The number of hydrazone groups is 1. The highest BCUT2D eigenvalue weighted by Crippen LogP contribution is 2.23. The van der Waals surface area contributed by atoms with Gasteiger partial charge in [-0.2, -0.15) is 5.10 Å². The van der Waals surface area contributed by atoms with Gasteiger partial charge in [0, 0.05) is 24.9 Å². The molecule has 2 heterocycles. The second-order valence-electron chi connectivity index (χ2n) is 7.95. The Morgan fingerprint density at radius 1 is 1.25 bits per heavy atom. The van der Waals surface area contributed by atoms with E-state index in [2.05, 4.69) is 24.2 Å². The quantitative estimate of drug-likeness (QED) is 0.275. The molecule has 2 aliphatic heterocycles. The van der Waals surface area contributed by atoms with Crippen LogP contribution in [0.3, 0.4) is 0 Å². The zero-order valence-electron chi connectivity index (χ0n) is 20.5. The number of nitrogens with zero attached hydrogens (tertiary/aromatic N) is 4. The summed E-state index contributed by atoms with van der Waals surface area (Å²) in [6.07, 6.45) is 10.7. The number of thioether (sulfide) groups is 1. The van der Waals surface area contributed by atoms with Crippen molar-refractivity contribution < 1.29 is 13.5 Å². The van der Waals surface area contributed by atoms with Gasteiger partial charge in [-0.05, 0) is 66.1 Å². The molecule has 0 saturated carbocycles. The van der Waals surface area contributed by atoms with Crippen LogP contribution in [-0.4, -0.2) is 54.4 Å². The molecule has 0 fully saturated rings. The SMILES string of the molecule is C=C/C(=C\C1N=C(CCC(F)F)C=C/C1=N/N(C)C1=CCSC=NC(=C)C=C1)c1ccc(OC)cc1. The maximum absolute atomic E-state index is 12.8. The third kappa shape index (κ3) is 8.02. The molecule has 1 aromatic carbocycles. The van der Waals surface area contributed by atoms with Crippen LogP contribution >= 0.6 is 11.8 Å². The van der Waals surface area contributed by atoms with E-state index in [1.54, 1.807) is 41.6 Å². The van der Waals surface area contributed by atoms with Crippen LogP contribution in [0.25, 0.3) is 5.57 Å². The Morgan fingerprint density at radius 2 is 2.03 bits per heavy atom. The molecule has 8 heteroatoms. The molecule has 0 amide bonds. The predicted molar refractivity (Wildman–Crippen MR) is 149 cm³/mol. The third-order valence-electron chi connectivity index (χ3n) is 5.42. The van der Waals surface area contributed by atoms with Crippen molar-refractivity contribution in [3.8, 4) is 5.75 Å². The lowest BCUT2D eigenvalue weighted by Crippen LogP contribution is -2.24. The number of hydrogen-bond donors (Lipinski definition) is 0. The Hall–Kier alpha value is -3.52. The van der Waals surface area contributed by atoms with E-state index in [0.717, 1.165) is 28.3 Å². The molecule has 1 atom stereocenters. The molecule has 0 N–H and O–H groups in total. The number of likely N-dealkylation sites (N-methyl/N-ethyl adjacent to an activating group) is 1. The number of aliphatic imine (C=N–C) groups is 2. The number of halogens is 2. The van der Waals surface area contributed by atoms with Crippen molar-refractivity contribution >= 4 is 34.3 Å². The van der Waals surface area contributed by atoms with Crippen molar-refractivity contribution in [2.45, 2.75) is 25.3 Å². The van der Waals surface area contributed by atoms with E-state index in [1.165, 1.54) is 0 Å². The Kier molecular flexibility index (Phi) is 10.2. The van der Waals surface area contributed by atoms with Gasteiger partial charge in [0.25, 0.3) is 0 Å². The lowest BCUT2D eigenvalue weighted by Gasteiger charge is -2.21. The van der Waals surface area contributed by atoms with Gasteiger partial charge in [-0.15, -0.1) is 11.8 Å². The molecule has 0 saturated heterocycles. The fourth-order valence-corrected chi connectivity index (χ4v) is 4.03. The molecule has 0 radical (unpaired) electrons. The summed E-state index contributed by atoms with van der Waals surface area (Å²) in [7, 11) is 3.48. The Bertz CT molecular complexity index is 1160. The monoisotopic (exact) mass is 508 g/mol. The summed E-state index contributed by atoms with van der Waals surface area (Å²) in [5.41, 5.74) is 6.40. The zero-order valence-corrected chi connectivity index (χ0v) is 21.3. The second kappa shape index (κ2) is 13.5. The average Bonchev–Trinajstić information content (AvgIpc) is 2.99. The van der Waals surface area contributed by atoms with Crippen LogP contribution in [0.4, 0.5) is 8.78 Å². The highest BCUT2D eigenvalue weighted by Gasteiger charge is 2.19. The highest BCUT2D eigenvalue weighted by molar-refractivity contribution is 8.12. The predicted octanol–water partition coefficient (Wildman–Crippen LogP) is 6.71. The van der Waals surface area contributed by atoms with Crippen LogP contribution in [0.5, 0.6) is 5.75 Å². The lowest BCUT2D eigenvalue weighted by atomic mass is 9.99. The van der Waals surface area contributed by atoms with Gasteiger partial charge in [-0.1, -0.05) is 31.4 Å². The summed E-state index contributed by atoms with van der Waals surface area (Å²) < 4.78 is 30.9. The Labute approximate surface area is 215 Å². The van der Waals surface area contributed by atoms with Crippen LogP contribution in [0, 0.1) is 0 Å². The first-order valence-corrected chi connectivity index (χ1v) is 12.5. The van der Waals surface area contributed by atoms with Crippen molar-refractivity contribution in [2.75, 3.05) is 19.9 Å². The number of methoxy groups -OCH3 is 1. The molecule has 0 aromatic heterocycles. The smallest absolute Gasteiger partial charge is 0.239 e. The summed E-state index contributed by atoms with van der Waals surface area (Å²) in [5.74, 6) is 1.49. The summed E-state index contributed by atoms with van der Waals surface area (Å²) >= 11 is 1.56. The van der Waals surface area contributed by atoms with Crippen LogP contribution in [-0.2, 0) is 0 Å². The van der Waals surface area contributed by atoms with Gasteiger partial charge in [0.15, 0.2) is 0 Å². The second-order valence-corrected chi connectivity index (χ2v) is 8.83. The molecule has 188 valence electrons. The van der Waals surface area contributed by atoms with E-state index >= 15 is 0 Å². The molecule has 0 bridgehead atoms. The maximum atomic E-state index is 12.8. The third-order valence-corrected chi connectivity index (χ3v) is 6.03. The number of ether oxygens (including phenoxy) is 1. The number of alkyl halides is 2. The van der Waals surface area contributed by atoms with Gasteiger partial charge in [0.2, 0.25) is 6.43 Å². The van der Waals surface area contributed by atoms with E-state index in [4.69, 9.17) is 14.8 Å². The number of rotatable bonds is 9. The average molecular weight is 509 g/mol. The lowest BCUT2D eigenvalue weighted by molar-refractivity contribution is 0.140. The fourth-order valence-electron chi connectivity index (χ4n) is 3.47. The fraction of sp³-hybridized carbons (Fsp3) is 0.250. The van der Waals surface area contributed by atoms with Gasteiger partial charge in [-0.25, -0.2) is 8.78 Å². The van der Waals surface area contributed by atoms with E-state index in [9.17, 15) is 8.78 Å². The van der Waals surface area contributed by atoms with Crippen LogP contribution < -0.4 is 4.74 Å². The van der Waals surface area contributed by atoms with Crippen LogP contribution in [0.15, 0.2) is 106 Å². The molecule has 1 unspecified atom stereocenters. The van der Waals surface area contributed by atoms with E-state index in [1.807, 2.05) is 55.6 Å². The molecule has 36 heavy (non-hydrogen) atoms. The molecule has 0 aliphatic carbocycles. The topological polar surface area (TPSA) is 49.5 Å². The minimum absolute atomic E-state index is 0.195. The Balaban J connectivity index is 1.95. The van der Waals surface area contributed by atoms with Crippen molar-refractivity contribution in [3.63, 3.8) is 0 Å². The molecule has 2 aliphatic rings. The van der Waals surface area contributed by atoms with Gasteiger partial charge >= 0.3 is 0 Å². The van der Waals surface area contributed by atoms with Gasteiger partial charge in [-0.3, -0.25) is 15.0 Å². The molecule has 0 spiro atoms. The van der Waals surface area contributed by atoms with Crippen molar-refractivity contribution in [1.29, 1.82) is 0 Å². The molecular weight excluding hydrogens is 478 g/mol. The highest BCUT2D eigenvalue weighted by atomic mass is 32.2. The molecule has 3 rings (SSSR count). The van der Waals surface area contributed by atoms with Gasteiger partial charge in [0.1, 0.15) is 11.8 Å². The maximum Gasteiger partial charge on any atom is 0.239 e. The van der Waals surface area contributed by atoms with Gasteiger partial charge in [0.05, 0.1) is 29.8 Å². The van der Waals surface area contributed by atoms with Crippen LogP contribution in [0.1, 0.15) is 18.4 Å². The number of hydrogen-bond acceptors (Lipinski definition) is 6. The first-order valence-electron chi connectivity index (χ1n) is 11.4. The molecule has 1 aromatic rings. The number of dihydropyridines is 1. The summed E-state index contributed by atoms with van der Waals surface area (Å²) in [5, 5.41) is 6.59. The summed E-state index contributed by atoms with van der Waals surface area (Å²) in [6, 6.07) is 7.16. The normalized spacial score (nSPS) is 19.5. The number of benzene rings is 1. The minimum Gasteiger partial charge on any atom is -0.497 e. The minimum atomic E-state index is -2.38. The first-order chi connectivity index (χ1) is 17.4. The van der Waals surface area contributed by atoms with Crippen molar-refractivity contribution in [1.82, 2.24) is 5.01 Å². The first kappa shape index (κ1) is 27.1. The van der Waals surface area contributed by atoms with E-state index < -0.39 is 12.5 Å². The summed E-state index contributed by atoms with van der Waals surface area (Å²) in [6.45, 7) is 7.87. The number of allylic oxidation sites excluding steroid dienone is 5. The summed E-state index contributed by atoms with van der Waals surface area (Å²) in [4.78, 5) is 9.00. The molecule has 5 nitrogen and oxygen atoms in total. The van der Waals surface area contributed by atoms with Crippen LogP contribution in [0.2, 0.25) is 0 Å².